The summed E-state index contributed by atoms with van der Waals surface area (Å²) in [4.78, 5) is 11.9. The van der Waals surface area contributed by atoms with E-state index in [0.717, 1.165) is 27.4 Å². The van der Waals surface area contributed by atoms with Crippen LogP contribution in [0.25, 0.3) is 10.8 Å². The number of Topliss-reactive ketones (excluding diaryl/α,β-unsaturated/α-hetero) is 1. The Kier molecular flexibility index (Phi) is 4.03. The average Bonchev–Trinajstić information content (AvgIpc) is 2.99. The molecule has 2 aromatic carbocycles. The molecule has 0 bridgehead atoms. The number of fused-ring (bicyclic) bond motifs is 1. The van der Waals surface area contributed by atoms with Gasteiger partial charge in [0.05, 0.1) is 6.61 Å². The number of halogens is 1. The van der Waals surface area contributed by atoms with Crippen LogP contribution in [0.5, 0.6) is 5.75 Å². The van der Waals surface area contributed by atoms with E-state index in [9.17, 15) is 4.79 Å². The number of rotatable bonds is 4. The zero-order valence-corrected chi connectivity index (χ0v) is 12.6. The SMILES string of the molecule is O=C(COc1ccc2cc(Br)ccc2c1)C1CCOC1. The van der Waals surface area contributed by atoms with Gasteiger partial charge in [-0.3, -0.25) is 4.79 Å². The first-order chi connectivity index (χ1) is 9.72. The van der Waals surface area contributed by atoms with Crippen molar-refractivity contribution in [1.82, 2.24) is 0 Å². The lowest BCUT2D eigenvalue weighted by molar-refractivity contribution is -0.124. The van der Waals surface area contributed by atoms with Crippen LogP contribution < -0.4 is 4.74 Å². The van der Waals surface area contributed by atoms with Crippen LogP contribution in [0.4, 0.5) is 0 Å². The Hall–Kier alpha value is -1.39. The van der Waals surface area contributed by atoms with Crippen molar-refractivity contribution in [3.05, 3.63) is 40.9 Å². The fourth-order valence-corrected chi connectivity index (χ4v) is 2.72. The highest BCUT2D eigenvalue weighted by Crippen LogP contribution is 2.24. The molecule has 1 unspecified atom stereocenters. The van der Waals surface area contributed by atoms with Gasteiger partial charge in [0.1, 0.15) is 12.4 Å². The Bertz CT molecular complexity index is 633. The maximum absolute atomic E-state index is 11.9. The molecule has 1 saturated heterocycles. The minimum Gasteiger partial charge on any atom is -0.486 e. The van der Waals surface area contributed by atoms with E-state index >= 15 is 0 Å². The summed E-state index contributed by atoms with van der Waals surface area (Å²) in [6.45, 7) is 1.34. The lowest BCUT2D eigenvalue weighted by atomic mass is 10.0. The van der Waals surface area contributed by atoms with Gasteiger partial charge in [0.25, 0.3) is 0 Å². The van der Waals surface area contributed by atoms with Crippen LogP contribution in [0, 0.1) is 5.92 Å². The summed E-state index contributed by atoms with van der Waals surface area (Å²) in [5.74, 6) is 0.858. The number of benzene rings is 2. The largest absolute Gasteiger partial charge is 0.486 e. The summed E-state index contributed by atoms with van der Waals surface area (Å²) in [6.07, 6.45) is 0.813. The molecular formula is C16H15BrO3. The molecule has 0 aliphatic carbocycles. The smallest absolute Gasteiger partial charge is 0.175 e. The van der Waals surface area contributed by atoms with Crippen LogP contribution in [0.1, 0.15) is 6.42 Å². The Morgan fingerprint density at radius 1 is 1.25 bits per heavy atom. The van der Waals surface area contributed by atoms with Crippen molar-refractivity contribution < 1.29 is 14.3 Å². The predicted octanol–water partition coefficient (Wildman–Crippen LogP) is 3.59. The molecular weight excluding hydrogens is 320 g/mol. The molecule has 0 spiro atoms. The second-order valence-corrected chi connectivity index (χ2v) is 5.88. The van der Waals surface area contributed by atoms with E-state index in [2.05, 4.69) is 22.0 Å². The van der Waals surface area contributed by atoms with Gasteiger partial charge >= 0.3 is 0 Å². The third kappa shape index (κ3) is 3.02. The highest BCUT2D eigenvalue weighted by Gasteiger charge is 2.23. The maximum Gasteiger partial charge on any atom is 0.175 e. The average molecular weight is 335 g/mol. The summed E-state index contributed by atoms with van der Waals surface area (Å²) in [6, 6.07) is 11.9. The van der Waals surface area contributed by atoms with Gasteiger partial charge in [-0.15, -0.1) is 0 Å². The van der Waals surface area contributed by atoms with Crippen molar-refractivity contribution in [2.45, 2.75) is 6.42 Å². The summed E-state index contributed by atoms with van der Waals surface area (Å²) >= 11 is 3.45. The summed E-state index contributed by atoms with van der Waals surface area (Å²) < 4.78 is 11.9. The van der Waals surface area contributed by atoms with Gasteiger partial charge in [-0.2, -0.15) is 0 Å². The molecule has 104 valence electrons. The third-order valence-electron chi connectivity index (χ3n) is 3.54. The molecule has 1 atom stereocenters. The number of carbonyl (C=O) groups is 1. The summed E-state index contributed by atoms with van der Waals surface area (Å²) in [5, 5.41) is 2.24. The van der Waals surface area contributed by atoms with E-state index in [-0.39, 0.29) is 18.3 Å². The van der Waals surface area contributed by atoms with Crippen molar-refractivity contribution in [1.29, 1.82) is 0 Å². The van der Waals surface area contributed by atoms with E-state index in [4.69, 9.17) is 9.47 Å². The summed E-state index contributed by atoms with van der Waals surface area (Å²) in [5.41, 5.74) is 0. The molecule has 0 aromatic heterocycles. The Morgan fingerprint density at radius 2 is 2.05 bits per heavy atom. The minimum atomic E-state index is 0.00594. The van der Waals surface area contributed by atoms with Crippen LogP contribution in [0.15, 0.2) is 40.9 Å². The molecule has 3 nitrogen and oxygen atoms in total. The molecule has 0 saturated carbocycles. The van der Waals surface area contributed by atoms with E-state index in [1.54, 1.807) is 0 Å². The zero-order chi connectivity index (χ0) is 13.9. The first-order valence-electron chi connectivity index (χ1n) is 6.65. The number of carbonyl (C=O) groups excluding carboxylic acids is 1. The highest BCUT2D eigenvalue weighted by molar-refractivity contribution is 9.10. The Balaban J connectivity index is 1.68. The number of hydrogen-bond acceptors (Lipinski definition) is 3. The van der Waals surface area contributed by atoms with Crippen LogP contribution in [0.3, 0.4) is 0 Å². The normalized spacial score (nSPS) is 18.4. The maximum atomic E-state index is 11.9. The number of ether oxygens (including phenoxy) is 2. The van der Waals surface area contributed by atoms with E-state index in [0.29, 0.717) is 13.2 Å². The van der Waals surface area contributed by atoms with Crippen molar-refractivity contribution in [2.75, 3.05) is 19.8 Å². The van der Waals surface area contributed by atoms with Gasteiger partial charge in [-0.05, 0) is 41.5 Å². The van der Waals surface area contributed by atoms with E-state index < -0.39 is 0 Å². The molecule has 0 N–H and O–H groups in total. The Labute approximate surface area is 126 Å². The third-order valence-corrected chi connectivity index (χ3v) is 4.03. The molecule has 1 aliphatic heterocycles. The zero-order valence-electron chi connectivity index (χ0n) is 11.0. The standard InChI is InChI=1S/C16H15BrO3/c17-14-3-1-12-8-15(4-2-11(12)7-14)20-10-16(18)13-5-6-19-9-13/h1-4,7-8,13H,5-6,9-10H2. The van der Waals surface area contributed by atoms with Crippen molar-refractivity contribution in [3.8, 4) is 5.75 Å². The highest BCUT2D eigenvalue weighted by atomic mass is 79.9. The van der Waals surface area contributed by atoms with Crippen LogP contribution >= 0.6 is 15.9 Å². The molecule has 0 radical (unpaired) electrons. The molecule has 1 heterocycles. The van der Waals surface area contributed by atoms with Crippen molar-refractivity contribution in [2.24, 2.45) is 5.92 Å². The van der Waals surface area contributed by atoms with Crippen LogP contribution in [0.2, 0.25) is 0 Å². The molecule has 0 amide bonds. The van der Waals surface area contributed by atoms with Gasteiger partial charge in [-0.1, -0.05) is 28.1 Å². The molecule has 4 heteroatoms. The first-order valence-corrected chi connectivity index (χ1v) is 7.44. The van der Waals surface area contributed by atoms with Crippen molar-refractivity contribution in [3.63, 3.8) is 0 Å². The summed E-state index contributed by atoms with van der Waals surface area (Å²) in [7, 11) is 0. The number of ketones is 1. The second kappa shape index (κ2) is 5.94. The van der Waals surface area contributed by atoms with Gasteiger partial charge < -0.3 is 9.47 Å². The topological polar surface area (TPSA) is 35.5 Å². The number of hydrogen-bond donors (Lipinski definition) is 0. The van der Waals surface area contributed by atoms with Crippen LogP contribution in [-0.2, 0) is 9.53 Å². The second-order valence-electron chi connectivity index (χ2n) is 4.97. The monoisotopic (exact) mass is 334 g/mol. The quantitative estimate of drug-likeness (QED) is 0.857. The lowest BCUT2D eigenvalue weighted by Crippen LogP contribution is -2.21. The fourth-order valence-electron chi connectivity index (χ4n) is 2.35. The van der Waals surface area contributed by atoms with Gasteiger partial charge in [0, 0.05) is 17.0 Å². The van der Waals surface area contributed by atoms with Crippen molar-refractivity contribution >= 4 is 32.5 Å². The molecule has 2 aromatic rings. The van der Waals surface area contributed by atoms with E-state index in [1.165, 1.54) is 0 Å². The Morgan fingerprint density at radius 3 is 2.85 bits per heavy atom. The predicted molar refractivity (Wildman–Crippen MR) is 81.1 cm³/mol. The minimum absolute atomic E-state index is 0.00594. The molecule has 1 fully saturated rings. The van der Waals surface area contributed by atoms with E-state index in [1.807, 2.05) is 30.3 Å². The van der Waals surface area contributed by atoms with Crippen LogP contribution in [-0.4, -0.2) is 25.6 Å². The van der Waals surface area contributed by atoms with Gasteiger partial charge in [0.2, 0.25) is 0 Å². The molecule has 20 heavy (non-hydrogen) atoms. The molecule has 1 aliphatic rings. The lowest BCUT2D eigenvalue weighted by Gasteiger charge is -2.09. The van der Waals surface area contributed by atoms with Gasteiger partial charge in [0.15, 0.2) is 5.78 Å². The molecule has 3 rings (SSSR count). The van der Waals surface area contributed by atoms with Gasteiger partial charge in [-0.25, -0.2) is 0 Å². The first kappa shape index (κ1) is 13.6. The fraction of sp³-hybridized carbons (Fsp3) is 0.312.